The quantitative estimate of drug-likeness (QED) is 0.378. The maximum atomic E-state index is 12.7. The van der Waals surface area contributed by atoms with Gasteiger partial charge in [-0.1, -0.05) is 44.2 Å². The van der Waals surface area contributed by atoms with Gasteiger partial charge in [0.25, 0.3) is 0 Å². The van der Waals surface area contributed by atoms with Gasteiger partial charge in [0.15, 0.2) is 5.78 Å². The zero-order chi connectivity index (χ0) is 20.7. The van der Waals surface area contributed by atoms with E-state index in [1.165, 1.54) is 0 Å². The Labute approximate surface area is 174 Å². The van der Waals surface area contributed by atoms with Crippen LogP contribution in [0.15, 0.2) is 66.9 Å². The minimum atomic E-state index is 0.0788. The van der Waals surface area contributed by atoms with E-state index in [1.807, 2.05) is 54.7 Å². The van der Waals surface area contributed by atoms with Crippen LogP contribution in [0.4, 0.5) is 0 Å². The van der Waals surface area contributed by atoms with E-state index in [1.54, 1.807) is 0 Å². The Morgan fingerprint density at radius 2 is 1.83 bits per heavy atom. The standard InChI is InChI=1S/C25H22N4O/c1-15(2)20-12-17(8-9-26-20)25-19-11-18-13-23(27-21(18)14-22(19)28-29-25)24(30)10-16-6-4-3-5-7-16/h3-9,11-15,27H,10H2,1-2H3,(H,28,29). The number of benzene rings is 2. The number of carbonyl (C=O) groups excluding carboxylic acids is 1. The fraction of sp³-hybridized carbons (Fsp3) is 0.160. The van der Waals surface area contributed by atoms with Gasteiger partial charge in [0.05, 0.1) is 11.2 Å². The molecule has 5 rings (SSSR count). The van der Waals surface area contributed by atoms with Crippen LogP contribution >= 0.6 is 0 Å². The van der Waals surface area contributed by atoms with E-state index in [9.17, 15) is 4.79 Å². The normalized spacial score (nSPS) is 11.6. The molecule has 0 spiro atoms. The number of nitrogens with zero attached hydrogens (tertiary/aromatic N) is 2. The van der Waals surface area contributed by atoms with Crippen molar-refractivity contribution >= 4 is 27.6 Å². The predicted octanol–water partition coefficient (Wildman–Crippen LogP) is 5.66. The van der Waals surface area contributed by atoms with E-state index in [0.29, 0.717) is 18.0 Å². The van der Waals surface area contributed by atoms with Gasteiger partial charge < -0.3 is 4.98 Å². The van der Waals surface area contributed by atoms with Crippen LogP contribution in [-0.4, -0.2) is 25.9 Å². The number of Topliss-reactive ketones (excluding diaryl/α,β-unsaturated/α-hetero) is 1. The molecule has 5 aromatic rings. The van der Waals surface area contributed by atoms with Crippen molar-refractivity contribution in [1.29, 1.82) is 0 Å². The maximum Gasteiger partial charge on any atom is 0.183 e. The Hall–Kier alpha value is -3.73. The predicted molar refractivity (Wildman–Crippen MR) is 120 cm³/mol. The smallest absolute Gasteiger partial charge is 0.183 e. The van der Waals surface area contributed by atoms with Gasteiger partial charge in [-0.3, -0.25) is 14.9 Å². The Bertz CT molecular complexity index is 1360. The second-order valence-electron chi connectivity index (χ2n) is 7.95. The van der Waals surface area contributed by atoms with Gasteiger partial charge in [0.2, 0.25) is 0 Å². The summed E-state index contributed by atoms with van der Waals surface area (Å²) in [6, 6.07) is 19.9. The summed E-state index contributed by atoms with van der Waals surface area (Å²) >= 11 is 0. The molecule has 0 aliphatic heterocycles. The molecular formula is C25H22N4O. The lowest BCUT2D eigenvalue weighted by Crippen LogP contribution is -2.03. The van der Waals surface area contributed by atoms with Crippen LogP contribution in [0.1, 0.15) is 41.5 Å². The van der Waals surface area contributed by atoms with Crippen LogP contribution in [0.5, 0.6) is 0 Å². The van der Waals surface area contributed by atoms with Gasteiger partial charge in [-0.05, 0) is 41.8 Å². The lowest BCUT2D eigenvalue weighted by atomic mass is 10.0. The first-order valence-electron chi connectivity index (χ1n) is 10.1. The molecule has 0 aliphatic rings. The highest BCUT2D eigenvalue weighted by molar-refractivity contribution is 6.05. The van der Waals surface area contributed by atoms with Crippen molar-refractivity contribution < 1.29 is 4.79 Å². The average molecular weight is 394 g/mol. The summed E-state index contributed by atoms with van der Waals surface area (Å²) in [5.41, 5.74) is 6.47. The number of aromatic amines is 2. The second-order valence-corrected chi connectivity index (χ2v) is 7.95. The Balaban J connectivity index is 1.53. The minimum absolute atomic E-state index is 0.0788. The van der Waals surface area contributed by atoms with Gasteiger partial charge in [0.1, 0.15) is 5.69 Å². The molecule has 2 aromatic carbocycles. The molecule has 5 nitrogen and oxygen atoms in total. The second kappa shape index (κ2) is 7.26. The molecule has 0 saturated heterocycles. The van der Waals surface area contributed by atoms with E-state index >= 15 is 0 Å². The van der Waals surface area contributed by atoms with E-state index in [4.69, 9.17) is 0 Å². The number of pyridine rings is 1. The Kier molecular flexibility index (Phi) is 4.43. The molecular weight excluding hydrogens is 372 g/mol. The Morgan fingerprint density at radius 1 is 1.00 bits per heavy atom. The summed E-state index contributed by atoms with van der Waals surface area (Å²) in [5, 5.41) is 9.71. The summed E-state index contributed by atoms with van der Waals surface area (Å²) in [7, 11) is 0. The number of aromatic nitrogens is 4. The molecule has 0 amide bonds. The van der Waals surface area contributed by atoms with Gasteiger partial charge in [-0.25, -0.2) is 0 Å². The molecule has 148 valence electrons. The number of ketones is 1. The van der Waals surface area contributed by atoms with Crippen molar-refractivity contribution in [3.05, 3.63) is 83.8 Å². The van der Waals surface area contributed by atoms with E-state index in [0.717, 1.165) is 44.3 Å². The summed E-state index contributed by atoms with van der Waals surface area (Å²) < 4.78 is 0. The van der Waals surface area contributed by atoms with Crippen LogP contribution in [-0.2, 0) is 6.42 Å². The Morgan fingerprint density at radius 3 is 2.63 bits per heavy atom. The molecule has 0 bridgehead atoms. The first-order chi connectivity index (χ1) is 14.6. The summed E-state index contributed by atoms with van der Waals surface area (Å²) in [5.74, 6) is 0.430. The number of hydrogen-bond donors (Lipinski definition) is 2. The first-order valence-corrected chi connectivity index (χ1v) is 10.1. The van der Waals surface area contributed by atoms with E-state index in [2.05, 4.69) is 46.1 Å². The van der Waals surface area contributed by atoms with Gasteiger partial charge in [-0.2, -0.15) is 5.10 Å². The monoisotopic (exact) mass is 394 g/mol. The van der Waals surface area contributed by atoms with E-state index in [-0.39, 0.29) is 5.78 Å². The first kappa shape index (κ1) is 18.3. The topological polar surface area (TPSA) is 74.4 Å². The van der Waals surface area contributed by atoms with Crippen LogP contribution in [0.3, 0.4) is 0 Å². The highest BCUT2D eigenvalue weighted by Crippen LogP contribution is 2.31. The molecule has 0 saturated carbocycles. The molecule has 30 heavy (non-hydrogen) atoms. The highest BCUT2D eigenvalue weighted by Gasteiger charge is 2.15. The molecule has 5 heteroatoms. The van der Waals surface area contributed by atoms with Crippen molar-refractivity contribution in [1.82, 2.24) is 20.2 Å². The molecule has 0 atom stereocenters. The summed E-state index contributed by atoms with van der Waals surface area (Å²) in [6.07, 6.45) is 2.22. The van der Waals surface area contributed by atoms with Gasteiger partial charge in [-0.15, -0.1) is 0 Å². The third-order valence-corrected chi connectivity index (χ3v) is 5.46. The van der Waals surface area contributed by atoms with Crippen LogP contribution in [0, 0.1) is 0 Å². The fourth-order valence-corrected chi connectivity index (χ4v) is 3.80. The summed E-state index contributed by atoms with van der Waals surface area (Å²) in [6.45, 7) is 4.26. The molecule has 2 N–H and O–H groups in total. The van der Waals surface area contributed by atoms with Crippen LogP contribution in [0.25, 0.3) is 33.1 Å². The molecule has 0 unspecified atom stereocenters. The van der Waals surface area contributed by atoms with Crippen molar-refractivity contribution in [3.8, 4) is 11.3 Å². The zero-order valence-electron chi connectivity index (χ0n) is 16.9. The maximum absolute atomic E-state index is 12.7. The van der Waals surface area contributed by atoms with Crippen molar-refractivity contribution in [2.75, 3.05) is 0 Å². The number of rotatable bonds is 5. The minimum Gasteiger partial charge on any atom is -0.352 e. The third-order valence-electron chi connectivity index (χ3n) is 5.46. The number of H-pyrrole nitrogens is 2. The number of fused-ring (bicyclic) bond motifs is 2. The van der Waals surface area contributed by atoms with Crippen molar-refractivity contribution in [2.45, 2.75) is 26.2 Å². The zero-order valence-corrected chi connectivity index (χ0v) is 16.9. The third kappa shape index (κ3) is 3.28. The van der Waals surface area contributed by atoms with Gasteiger partial charge in [0, 0.05) is 40.2 Å². The van der Waals surface area contributed by atoms with Crippen molar-refractivity contribution in [3.63, 3.8) is 0 Å². The number of carbonyl (C=O) groups is 1. The van der Waals surface area contributed by atoms with Crippen LogP contribution in [0.2, 0.25) is 0 Å². The lowest BCUT2D eigenvalue weighted by molar-refractivity contribution is 0.0989. The number of hydrogen-bond acceptors (Lipinski definition) is 3. The highest BCUT2D eigenvalue weighted by atomic mass is 16.1. The molecule has 3 heterocycles. The molecule has 3 aromatic heterocycles. The fourth-order valence-electron chi connectivity index (χ4n) is 3.80. The molecule has 0 radical (unpaired) electrons. The SMILES string of the molecule is CC(C)c1cc(-c2n[nH]c3cc4[nH]c(C(=O)Cc5ccccc5)cc4cc23)ccn1. The molecule has 0 aliphatic carbocycles. The largest absolute Gasteiger partial charge is 0.352 e. The van der Waals surface area contributed by atoms with E-state index < -0.39 is 0 Å². The number of nitrogens with one attached hydrogen (secondary N) is 2. The summed E-state index contributed by atoms with van der Waals surface area (Å²) in [4.78, 5) is 20.5. The van der Waals surface area contributed by atoms with Crippen LogP contribution < -0.4 is 0 Å². The lowest BCUT2D eigenvalue weighted by Gasteiger charge is -2.05. The van der Waals surface area contributed by atoms with Gasteiger partial charge >= 0.3 is 0 Å². The molecule has 0 fully saturated rings. The van der Waals surface area contributed by atoms with Crippen molar-refractivity contribution in [2.24, 2.45) is 0 Å². The average Bonchev–Trinajstić information content (AvgIpc) is 3.36.